The molecule has 3 nitrogen and oxygen atoms in total. The number of ether oxygens (including phenoxy) is 1. The maximum Gasteiger partial charge on any atom is 0.120 e. The number of benzene rings is 1. The Morgan fingerprint density at radius 1 is 1.53 bits per heavy atom. The predicted molar refractivity (Wildman–Crippen MR) is 76.3 cm³/mol. The van der Waals surface area contributed by atoms with E-state index in [4.69, 9.17) is 4.74 Å². The van der Waals surface area contributed by atoms with Crippen LogP contribution in [0.1, 0.15) is 19.8 Å². The van der Waals surface area contributed by atoms with Gasteiger partial charge < -0.3 is 15.2 Å². The van der Waals surface area contributed by atoms with Crippen LogP contribution in [0.25, 0.3) is 0 Å². The number of hydrogen-bond donors (Lipinski definition) is 2. The molecule has 1 atom stereocenters. The minimum absolute atomic E-state index is 0.312. The fourth-order valence-electron chi connectivity index (χ4n) is 1.50. The standard InChI is InChI=1S/C13H18INO2/c1-13(16,8-15-11-5-6-11)9-17-12-4-2-3-10(14)7-12/h2-4,7,11,15-16H,5-6,8-9H2,1H3. The summed E-state index contributed by atoms with van der Waals surface area (Å²) >= 11 is 2.24. The van der Waals surface area contributed by atoms with Crippen LogP contribution >= 0.6 is 22.6 Å². The second kappa shape index (κ2) is 5.54. The summed E-state index contributed by atoms with van der Waals surface area (Å²) in [4.78, 5) is 0. The summed E-state index contributed by atoms with van der Waals surface area (Å²) in [5.41, 5.74) is -0.816. The molecule has 1 unspecified atom stereocenters. The summed E-state index contributed by atoms with van der Waals surface area (Å²) in [6.45, 7) is 2.70. The maximum atomic E-state index is 10.1. The number of rotatable bonds is 6. The first-order chi connectivity index (χ1) is 8.05. The van der Waals surface area contributed by atoms with Crippen LogP contribution in [0.2, 0.25) is 0 Å². The Morgan fingerprint density at radius 3 is 2.94 bits per heavy atom. The highest BCUT2D eigenvalue weighted by Gasteiger charge is 2.27. The quantitative estimate of drug-likeness (QED) is 0.775. The molecule has 1 aliphatic rings. The van der Waals surface area contributed by atoms with Crippen LogP contribution in [0.3, 0.4) is 0 Å². The summed E-state index contributed by atoms with van der Waals surface area (Å²) < 4.78 is 6.74. The molecule has 0 spiro atoms. The molecular weight excluding hydrogens is 329 g/mol. The number of nitrogens with one attached hydrogen (secondary N) is 1. The zero-order chi connectivity index (χ0) is 12.3. The molecule has 0 amide bonds. The Balaban J connectivity index is 1.78. The summed E-state index contributed by atoms with van der Waals surface area (Å²) in [5.74, 6) is 0.809. The molecule has 1 aromatic rings. The number of hydrogen-bond acceptors (Lipinski definition) is 3. The lowest BCUT2D eigenvalue weighted by atomic mass is 10.1. The summed E-state index contributed by atoms with van der Waals surface area (Å²) in [7, 11) is 0. The van der Waals surface area contributed by atoms with Crippen molar-refractivity contribution in [2.75, 3.05) is 13.2 Å². The third kappa shape index (κ3) is 4.81. The Labute approximate surface area is 116 Å². The SMILES string of the molecule is CC(O)(CNC1CC1)COc1cccc(I)c1. The minimum Gasteiger partial charge on any atom is -0.491 e. The Bertz CT molecular complexity index is 377. The van der Waals surface area contributed by atoms with Gasteiger partial charge in [0.15, 0.2) is 0 Å². The molecule has 0 bridgehead atoms. The lowest BCUT2D eigenvalue weighted by Crippen LogP contribution is -2.43. The van der Waals surface area contributed by atoms with Gasteiger partial charge in [0.25, 0.3) is 0 Å². The van der Waals surface area contributed by atoms with Crippen LogP contribution in [0.4, 0.5) is 0 Å². The van der Waals surface area contributed by atoms with E-state index >= 15 is 0 Å². The molecule has 17 heavy (non-hydrogen) atoms. The molecule has 0 aliphatic heterocycles. The van der Waals surface area contributed by atoms with Gasteiger partial charge in [0.1, 0.15) is 18.0 Å². The molecule has 94 valence electrons. The third-order valence-electron chi connectivity index (χ3n) is 2.69. The molecule has 0 radical (unpaired) electrons. The summed E-state index contributed by atoms with van der Waals surface area (Å²) in [5, 5.41) is 13.4. The van der Waals surface area contributed by atoms with Crippen LogP contribution in [-0.2, 0) is 0 Å². The van der Waals surface area contributed by atoms with E-state index < -0.39 is 5.60 Å². The average molecular weight is 347 g/mol. The smallest absolute Gasteiger partial charge is 0.120 e. The van der Waals surface area contributed by atoms with Gasteiger partial charge in [-0.2, -0.15) is 0 Å². The van der Waals surface area contributed by atoms with Gasteiger partial charge in [-0.25, -0.2) is 0 Å². The van der Waals surface area contributed by atoms with E-state index in [1.165, 1.54) is 12.8 Å². The van der Waals surface area contributed by atoms with Crippen molar-refractivity contribution in [3.05, 3.63) is 27.8 Å². The molecule has 4 heteroatoms. The minimum atomic E-state index is -0.816. The Kier molecular flexibility index (Phi) is 4.27. The van der Waals surface area contributed by atoms with Crippen molar-refractivity contribution in [1.29, 1.82) is 0 Å². The number of halogens is 1. The lowest BCUT2D eigenvalue weighted by Gasteiger charge is -2.24. The third-order valence-corrected chi connectivity index (χ3v) is 3.37. The molecule has 1 fully saturated rings. The van der Waals surface area contributed by atoms with Crippen molar-refractivity contribution < 1.29 is 9.84 Å². The molecule has 1 aliphatic carbocycles. The second-order valence-electron chi connectivity index (χ2n) is 4.90. The Morgan fingerprint density at radius 2 is 2.29 bits per heavy atom. The molecule has 0 heterocycles. The van der Waals surface area contributed by atoms with Crippen molar-refractivity contribution >= 4 is 22.6 Å². The van der Waals surface area contributed by atoms with E-state index in [1.807, 2.05) is 24.3 Å². The fraction of sp³-hybridized carbons (Fsp3) is 0.538. The monoisotopic (exact) mass is 347 g/mol. The second-order valence-corrected chi connectivity index (χ2v) is 6.14. The lowest BCUT2D eigenvalue weighted by molar-refractivity contribution is 0.0120. The molecule has 2 rings (SSSR count). The molecule has 1 aromatic carbocycles. The van der Waals surface area contributed by atoms with E-state index in [0.29, 0.717) is 19.2 Å². The van der Waals surface area contributed by atoms with Gasteiger partial charge >= 0.3 is 0 Å². The van der Waals surface area contributed by atoms with E-state index in [-0.39, 0.29) is 0 Å². The first kappa shape index (κ1) is 13.1. The topological polar surface area (TPSA) is 41.5 Å². The van der Waals surface area contributed by atoms with E-state index in [2.05, 4.69) is 27.9 Å². The average Bonchev–Trinajstić information content (AvgIpc) is 3.08. The van der Waals surface area contributed by atoms with Gasteiger partial charge in [0, 0.05) is 16.2 Å². The van der Waals surface area contributed by atoms with Gasteiger partial charge in [-0.3, -0.25) is 0 Å². The maximum absolute atomic E-state index is 10.1. The Hall–Kier alpha value is -0.330. The highest BCUT2D eigenvalue weighted by atomic mass is 127. The van der Waals surface area contributed by atoms with Crippen LogP contribution in [-0.4, -0.2) is 29.9 Å². The summed E-state index contributed by atoms with van der Waals surface area (Å²) in [6.07, 6.45) is 2.46. The molecule has 0 saturated heterocycles. The molecular formula is C13H18INO2. The highest BCUT2D eigenvalue weighted by molar-refractivity contribution is 14.1. The normalized spacial score (nSPS) is 18.8. The fourth-order valence-corrected chi connectivity index (χ4v) is 2.01. The van der Waals surface area contributed by atoms with Gasteiger partial charge in [0.05, 0.1) is 0 Å². The van der Waals surface area contributed by atoms with E-state index in [0.717, 1.165) is 9.32 Å². The highest BCUT2D eigenvalue weighted by Crippen LogP contribution is 2.20. The van der Waals surface area contributed by atoms with Gasteiger partial charge in [-0.05, 0) is 60.6 Å². The van der Waals surface area contributed by atoms with Crippen LogP contribution < -0.4 is 10.1 Å². The van der Waals surface area contributed by atoms with Crippen molar-refractivity contribution in [3.8, 4) is 5.75 Å². The van der Waals surface area contributed by atoms with E-state index in [1.54, 1.807) is 6.92 Å². The van der Waals surface area contributed by atoms with Gasteiger partial charge in [-0.15, -0.1) is 0 Å². The zero-order valence-corrected chi connectivity index (χ0v) is 12.1. The first-order valence-corrected chi connectivity index (χ1v) is 6.97. The zero-order valence-electron chi connectivity index (χ0n) is 9.95. The van der Waals surface area contributed by atoms with Crippen molar-refractivity contribution in [2.45, 2.75) is 31.4 Å². The number of aliphatic hydroxyl groups is 1. The summed E-state index contributed by atoms with van der Waals surface area (Å²) in [6, 6.07) is 8.45. The predicted octanol–water partition coefficient (Wildman–Crippen LogP) is 2.17. The van der Waals surface area contributed by atoms with Crippen LogP contribution in [0.5, 0.6) is 5.75 Å². The van der Waals surface area contributed by atoms with Crippen LogP contribution in [0.15, 0.2) is 24.3 Å². The van der Waals surface area contributed by atoms with Gasteiger partial charge in [0.2, 0.25) is 0 Å². The van der Waals surface area contributed by atoms with Gasteiger partial charge in [-0.1, -0.05) is 6.07 Å². The molecule has 0 aromatic heterocycles. The van der Waals surface area contributed by atoms with Crippen LogP contribution in [0, 0.1) is 3.57 Å². The van der Waals surface area contributed by atoms with Crippen molar-refractivity contribution in [1.82, 2.24) is 5.32 Å². The molecule has 2 N–H and O–H groups in total. The molecule has 1 saturated carbocycles. The van der Waals surface area contributed by atoms with E-state index in [9.17, 15) is 5.11 Å². The van der Waals surface area contributed by atoms with Crippen molar-refractivity contribution in [3.63, 3.8) is 0 Å². The first-order valence-electron chi connectivity index (χ1n) is 5.89. The van der Waals surface area contributed by atoms with Crippen molar-refractivity contribution in [2.24, 2.45) is 0 Å². The largest absolute Gasteiger partial charge is 0.491 e.